The molecular weight excluding hydrogens is 290 g/mol. The Bertz CT molecular complexity index is 587. The van der Waals surface area contributed by atoms with Gasteiger partial charge < -0.3 is 0 Å². The van der Waals surface area contributed by atoms with Gasteiger partial charge in [0.15, 0.2) is 11.6 Å². The Morgan fingerprint density at radius 2 is 1.71 bits per heavy atom. The van der Waals surface area contributed by atoms with Gasteiger partial charge in [0.2, 0.25) is 0 Å². The van der Waals surface area contributed by atoms with E-state index in [0.717, 1.165) is 6.07 Å². The third-order valence-electron chi connectivity index (χ3n) is 2.09. The summed E-state index contributed by atoms with van der Waals surface area (Å²) < 4.78 is 26.6. The monoisotopic (exact) mass is 293 g/mol. The van der Waals surface area contributed by atoms with Crippen LogP contribution in [0.25, 0.3) is 11.3 Å². The van der Waals surface area contributed by atoms with Gasteiger partial charge in [-0.25, -0.2) is 13.8 Å². The van der Waals surface area contributed by atoms with E-state index >= 15 is 0 Å². The lowest BCUT2D eigenvalue weighted by Gasteiger charge is -2.07. The van der Waals surface area contributed by atoms with E-state index in [9.17, 15) is 8.78 Å². The standard InChI is InChI=1S/C11H4Cl3F2N/c12-6-4-7(13)11(14)17-10(6)5-2-1-3-8(15)9(5)16/h1-4H. The molecule has 0 unspecified atom stereocenters. The first kappa shape index (κ1) is 12.6. The van der Waals surface area contributed by atoms with Gasteiger partial charge >= 0.3 is 0 Å². The zero-order valence-electron chi connectivity index (χ0n) is 8.15. The predicted octanol–water partition coefficient (Wildman–Crippen LogP) is 4.99. The number of rotatable bonds is 1. The topological polar surface area (TPSA) is 12.9 Å². The lowest BCUT2D eigenvalue weighted by atomic mass is 10.1. The molecule has 1 heterocycles. The molecule has 17 heavy (non-hydrogen) atoms. The Balaban J connectivity index is 2.69. The minimum absolute atomic E-state index is 0.0188. The maximum Gasteiger partial charge on any atom is 0.168 e. The normalized spacial score (nSPS) is 10.6. The third-order valence-corrected chi connectivity index (χ3v) is 3.05. The molecule has 0 bridgehead atoms. The minimum atomic E-state index is -1.03. The van der Waals surface area contributed by atoms with Crippen molar-refractivity contribution in [1.82, 2.24) is 4.98 Å². The fourth-order valence-electron chi connectivity index (χ4n) is 1.32. The third kappa shape index (κ3) is 2.37. The molecule has 0 radical (unpaired) electrons. The van der Waals surface area contributed by atoms with E-state index in [1.54, 1.807) is 0 Å². The van der Waals surface area contributed by atoms with Gasteiger partial charge in [0, 0.05) is 5.56 Å². The summed E-state index contributed by atoms with van der Waals surface area (Å²) in [6.45, 7) is 0. The van der Waals surface area contributed by atoms with Gasteiger partial charge in [-0.15, -0.1) is 0 Å². The highest BCUT2D eigenvalue weighted by Crippen LogP contribution is 2.33. The molecule has 0 aliphatic heterocycles. The van der Waals surface area contributed by atoms with Crippen LogP contribution in [0.2, 0.25) is 15.2 Å². The Labute approximate surface area is 111 Å². The number of benzene rings is 1. The summed E-state index contributed by atoms with van der Waals surface area (Å²) in [7, 11) is 0. The van der Waals surface area contributed by atoms with Gasteiger partial charge in [0.25, 0.3) is 0 Å². The van der Waals surface area contributed by atoms with Crippen LogP contribution in [0.5, 0.6) is 0 Å². The molecule has 0 N–H and O–H groups in total. The molecule has 0 aliphatic rings. The van der Waals surface area contributed by atoms with E-state index in [1.807, 2.05) is 0 Å². The van der Waals surface area contributed by atoms with E-state index in [4.69, 9.17) is 34.8 Å². The summed E-state index contributed by atoms with van der Waals surface area (Å²) in [6, 6.07) is 5.05. The lowest BCUT2D eigenvalue weighted by Crippen LogP contribution is -1.93. The number of aromatic nitrogens is 1. The van der Waals surface area contributed by atoms with Crippen molar-refractivity contribution in [3.05, 3.63) is 51.1 Å². The second kappa shape index (κ2) is 4.77. The number of hydrogen-bond donors (Lipinski definition) is 0. The van der Waals surface area contributed by atoms with Gasteiger partial charge in [-0.1, -0.05) is 40.9 Å². The molecule has 1 nitrogen and oxygen atoms in total. The molecule has 6 heteroatoms. The van der Waals surface area contributed by atoms with Crippen molar-refractivity contribution in [3.63, 3.8) is 0 Å². The fourth-order valence-corrected chi connectivity index (χ4v) is 1.92. The van der Waals surface area contributed by atoms with E-state index in [2.05, 4.69) is 4.98 Å². The first-order valence-electron chi connectivity index (χ1n) is 4.46. The molecule has 0 fully saturated rings. The number of nitrogens with zero attached hydrogens (tertiary/aromatic N) is 1. The SMILES string of the molecule is Fc1cccc(-c2nc(Cl)c(Cl)cc2Cl)c1F. The second-order valence-corrected chi connectivity index (χ2v) is 4.37. The van der Waals surface area contributed by atoms with E-state index in [-0.39, 0.29) is 26.5 Å². The minimum Gasteiger partial charge on any atom is -0.233 e. The van der Waals surface area contributed by atoms with Crippen LogP contribution in [-0.2, 0) is 0 Å². The first-order valence-corrected chi connectivity index (χ1v) is 5.60. The van der Waals surface area contributed by atoms with Crippen molar-refractivity contribution in [2.24, 2.45) is 0 Å². The molecule has 0 saturated heterocycles. The number of pyridine rings is 1. The largest absolute Gasteiger partial charge is 0.233 e. The van der Waals surface area contributed by atoms with Crippen molar-refractivity contribution in [2.45, 2.75) is 0 Å². The smallest absolute Gasteiger partial charge is 0.168 e. The van der Waals surface area contributed by atoms with Crippen LogP contribution in [0, 0.1) is 11.6 Å². The molecule has 2 rings (SSSR count). The van der Waals surface area contributed by atoms with E-state index in [1.165, 1.54) is 18.2 Å². The molecule has 1 aromatic heterocycles. The van der Waals surface area contributed by atoms with Gasteiger partial charge in [0.1, 0.15) is 5.15 Å². The molecule has 0 atom stereocenters. The van der Waals surface area contributed by atoms with Crippen LogP contribution in [-0.4, -0.2) is 4.98 Å². The van der Waals surface area contributed by atoms with Gasteiger partial charge in [-0.05, 0) is 18.2 Å². The maximum absolute atomic E-state index is 13.5. The highest BCUT2D eigenvalue weighted by molar-refractivity contribution is 6.42. The summed E-state index contributed by atoms with van der Waals surface area (Å²) >= 11 is 17.3. The molecule has 0 spiro atoms. The Kier molecular flexibility index (Phi) is 3.52. The predicted molar refractivity (Wildman–Crippen MR) is 64.6 cm³/mol. The Hall–Kier alpha value is -0.900. The second-order valence-electron chi connectivity index (χ2n) is 3.19. The van der Waals surface area contributed by atoms with Crippen molar-refractivity contribution >= 4 is 34.8 Å². The summed E-state index contributed by atoms with van der Waals surface area (Å²) in [6.07, 6.45) is 0. The zero-order valence-corrected chi connectivity index (χ0v) is 10.4. The average Bonchev–Trinajstić information content (AvgIpc) is 2.28. The summed E-state index contributed by atoms with van der Waals surface area (Å²) in [5.41, 5.74) is -0.00775. The summed E-state index contributed by atoms with van der Waals surface area (Å²) in [5, 5.41) is 0.232. The number of hydrogen-bond acceptors (Lipinski definition) is 1. The van der Waals surface area contributed by atoms with Crippen LogP contribution in [0.1, 0.15) is 0 Å². The maximum atomic E-state index is 13.5. The van der Waals surface area contributed by atoms with Crippen LogP contribution in [0.4, 0.5) is 8.78 Å². The lowest BCUT2D eigenvalue weighted by molar-refractivity contribution is 0.511. The van der Waals surface area contributed by atoms with Crippen LogP contribution >= 0.6 is 34.8 Å². The van der Waals surface area contributed by atoms with Crippen molar-refractivity contribution in [1.29, 1.82) is 0 Å². The molecule has 0 amide bonds. The first-order chi connectivity index (χ1) is 8.00. The van der Waals surface area contributed by atoms with E-state index in [0.29, 0.717) is 0 Å². The van der Waals surface area contributed by atoms with Crippen LogP contribution in [0.3, 0.4) is 0 Å². The van der Waals surface area contributed by atoms with Crippen molar-refractivity contribution in [2.75, 3.05) is 0 Å². The highest BCUT2D eigenvalue weighted by atomic mass is 35.5. The Morgan fingerprint density at radius 1 is 1.00 bits per heavy atom. The molecule has 0 saturated carbocycles. The average molecular weight is 295 g/mol. The van der Waals surface area contributed by atoms with Crippen LogP contribution < -0.4 is 0 Å². The summed E-state index contributed by atoms with van der Waals surface area (Å²) in [5.74, 6) is -2.01. The van der Waals surface area contributed by atoms with Gasteiger partial charge in [-0.2, -0.15) is 0 Å². The van der Waals surface area contributed by atoms with Crippen LogP contribution in [0.15, 0.2) is 24.3 Å². The van der Waals surface area contributed by atoms with Crippen molar-refractivity contribution < 1.29 is 8.78 Å². The Morgan fingerprint density at radius 3 is 2.41 bits per heavy atom. The molecule has 88 valence electrons. The number of halogens is 5. The van der Waals surface area contributed by atoms with Gasteiger partial charge in [0.05, 0.1) is 15.7 Å². The van der Waals surface area contributed by atoms with Gasteiger partial charge in [-0.3, -0.25) is 0 Å². The summed E-state index contributed by atoms with van der Waals surface area (Å²) in [4.78, 5) is 3.84. The molecular formula is C11H4Cl3F2N. The fraction of sp³-hybridized carbons (Fsp3) is 0. The quantitative estimate of drug-likeness (QED) is 0.675. The van der Waals surface area contributed by atoms with E-state index < -0.39 is 11.6 Å². The highest BCUT2D eigenvalue weighted by Gasteiger charge is 2.15. The van der Waals surface area contributed by atoms with Crippen molar-refractivity contribution in [3.8, 4) is 11.3 Å². The zero-order chi connectivity index (χ0) is 12.6. The molecule has 1 aromatic carbocycles. The molecule has 2 aromatic rings. The molecule has 0 aliphatic carbocycles.